The fourth-order valence-corrected chi connectivity index (χ4v) is 4.04. The van der Waals surface area contributed by atoms with Gasteiger partial charge in [-0.1, -0.05) is 144 Å². The van der Waals surface area contributed by atoms with Crippen LogP contribution >= 0.6 is 0 Å². The van der Waals surface area contributed by atoms with Crippen molar-refractivity contribution in [3.05, 3.63) is 150 Å². The Hall–Kier alpha value is -3.45. The molecule has 0 heterocycles. The van der Waals surface area contributed by atoms with Gasteiger partial charge in [0.25, 0.3) is 0 Å². The molecule has 0 N–H and O–H groups in total. The number of allylic oxidation sites excluding steroid dienone is 9. The predicted molar refractivity (Wildman–Crippen MR) is 212 cm³/mol. The molecule has 1 unspecified atom stereocenters. The zero-order valence-corrected chi connectivity index (χ0v) is 32.0. The van der Waals surface area contributed by atoms with Gasteiger partial charge in [0, 0.05) is 5.41 Å². The predicted octanol–water partition coefficient (Wildman–Crippen LogP) is 15.0. The monoisotopic (exact) mass is 629 g/mol. The number of hydrogen-bond donors (Lipinski definition) is 0. The van der Waals surface area contributed by atoms with E-state index in [4.69, 9.17) is 0 Å². The number of rotatable bonds is 8. The van der Waals surface area contributed by atoms with Gasteiger partial charge in [0.1, 0.15) is 5.82 Å². The molecule has 1 atom stereocenters. The van der Waals surface area contributed by atoms with Crippen LogP contribution in [0.15, 0.2) is 122 Å². The minimum atomic E-state index is -0.173. The van der Waals surface area contributed by atoms with Crippen molar-refractivity contribution >= 4 is 5.57 Å². The molecule has 0 nitrogen and oxygen atoms in total. The third-order valence-corrected chi connectivity index (χ3v) is 6.61. The summed E-state index contributed by atoms with van der Waals surface area (Å²) in [4.78, 5) is 0. The fraction of sp³-hybridized carbons (Fsp3) is 0.422. The molecule has 1 aliphatic carbocycles. The smallest absolute Gasteiger partial charge is 0.126 e. The SMILES string of the molecule is C=C(C)C.C=C(C)C.C=CC1(Cc2ccccc2C(=C)C)C=C/C(=C/C)C1=C.CC.CCCC.CCCCc1ccc(C)cc1F. The van der Waals surface area contributed by atoms with Gasteiger partial charge >= 0.3 is 0 Å². The lowest BCUT2D eigenvalue weighted by molar-refractivity contribution is 0.602. The zero-order chi connectivity index (χ0) is 36.3. The Balaban J connectivity index is -0.000000601. The lowest BCUT2D eigenvalue weighted by atomic mass is 9.76. The first kappa shape index (κ1) is 47.0. The molecule has 1 heteroatoms. The first-order valence-corrected chi connectivity index (χ1v) is 17.1. The van der Waals surface area contributed by atoms with E-state index in [0.717, 1.165) is 48.0 Å². The van der Waals surface area contributed by atoms with Crippen LogP contribution in [0.2, 0.25) is 0 Å². The van der Waals surface area contributed by atoms with Crippen LogP contribution in [0, 0.1) is 18.2 Å². The van der Waals surface area contributed by atoms with Gasteiger partial charge < -0.3 is 0 Å². The average Bonchev–Trinajstić information content (AvgIpc) is 3.32. The molecule has 0 aromatic heterocycles. The van der Waals surface area contributed by atoms with Gasteiger partial charge in [0.05, 0.1) is 0 Å². The van der Waals surface area contributed by atoms with Crippen molar-refractivity contribution in [1.82, 2.24) is 0 Å². The Kier molecular flexibility index (Phi) is 28.4. The van der Waals surface area contributed by atoms with E-state index in [0.29, 0.717) is 0 Å². The third kappa shape index (κ3) is 20.6. The number of unbranched alkanes of at least 4 members (excludes halogenated alkanes) is 2. The maximum absolute atomic E-state index is 13.2. The molecule has 46 heavy (non-hydrogen) atoms. The average molecular weight is 629 g/mol. The summed E-state index contributed by atoms with van der Waals surface area (Å²) in [5, 5.41) is 0. The van der Waals surface area contributed by atoms with Crippen LogP contribution in [0.1, 0.15) is 124 Å². The molecular weight excluding hydrogens is 559 g/mol. The van der Waals surface area contributed by atoms with Crippen molar-refractivity contribution in [3.8, 4) is 0 Å². The summed E-state index contributed by atoms with van der Waals surface area (Å²) in [5.41, 5.74) is 9.96. The molecule has 0 radical (unpaired) electrons. The highest BCUT2D eigenvalue weighted by Gasteiger charge is 2.33. The Morgan fingerprint density at radius 2 is 1.35 bits per heavy atom. The zero-order valence-electron chi connectivity index (χ0n) is 32.0. The number of halogens is 1. The van der Waals surface area contributed by atoms with Crippen molar-refractivity contribution in [1.29, 1.82) is 0 Å². The van der Waals surface area contributed by atoms with Crippen molar-refractivity contribution < 1.29 is 4.39 Å². The van der Waals surface area contributed by atoms with E-state index in [1.54, 1.807) is 6.07 Å². The molecule has 2 aromatic carbocycles. The molecule has 0 amide bonds. The molecule has 0 fully saturated rings. The standard InChI is InChI=1S/C20H22.C11H15F.2C4H8.C4H10.C2H6/c1-6-17-12-13-20(7-2,16(17)5)14-18-10-8-9-11-19(18)15(3)4;1-3-4-5-10-7-6-9(2)8-11(10)12;2*1-4(2)3;1-3-4-2;1-2/h6-13H,2-3,5,14H2,1,4H3;6-8H,3-5H2,1-2H3;2*1H2,2-3H3;3-4H2,1-2H3;1-2H3/b17-6-;;;;;. The van der Waals surface area contributed by atoms with Gasteiger partial charge in [-0.2, -0.15) is 0 Å². The maximum atomic E-state index is 13.2. The van der Waals surface area contributed by atoms with Crippen LogP contribution in [0.5, 0.6) is 0 Å². The van der Waals surface area contributed by atoms with Gasteiger partial charge in [0.15, 0.2) is 0 Å². The second kappa shape index (κ2) is 27.8. The third-order valence-electron chi connectivity index (χ3n) is 6.61. The Labute approximate surface area is 286 Å². The number of aryl methyl sites for hydroxylation is 2. The van der Waals surface area contributed by atoms with Crippen molar-refractivity contribution in [2.75, 3.05) is 0 Å². The minimum Gasteiger partial charge on any atom is -0.207 e. The topological polar surface area (TPSA) is 0 Å². The molecule has 256 valence electrons. The van der Waals surface area contributed by atoms with E-state index < -0.39 is 0 Å². The summed E-state index contributed by atoms with van der Waals surface area (Å²) < 4.78 is 13.2. The Morgan fingerprint density at radius 1 is 0.826 bits per heavy atom. The van der Waals surface area contributed by atoms with Crippen LogP contribution in [-0.4, -0.2) is 0 Å². The van der Waals surface area contributed by atoms with Crippen LogP contribution in [0.25, 0.3) is 5.57 Å². The van der Waals surface area contributed by atoms with Crippen molar-refractivity contribution in [2.24, 2.45) is 5.41 Å². The highest BCUT2D eigenvalue weighted by molar-refractivity contribution is 5.65. The summed E-state index contributed by atoms with van der Waals surface area (Å²) >= 11 is 0. The molecular formula is C45H69F. The largest absolute Gasteiger partial charge is 0.207 e. The molecule has 1 aliphatic rings. The maximum Gasteiger partial charge on any atom is 0.126 e. The van der Waals surface area contributed by atoms with Crippen LogP contribution in [0.4, 0.5) is 4.39 Å². The van der Waals surface area contributed by atoms with E-state index >= 15 is 0 Å². The fourth-order valence-electron chi connectivity index (χ4n) is 4.04. The highest BCUT2D eigenvalue weighted by atomic mass is 19.1. The van der Waals surface area contributed by atoms with E-state index in [2.05, 4.69) is 103 Å². The first-order chi connectivity index (χ1) is 21.7. The van der Waals surface area contributed by atoms with Crippen LogP contribution in [0.3, 0.4) is 0 Å². The second-order valence-electron chi connectivity index (χ2n) is 12.0. The quantitative estimate of drug-likeness (QED) is 0.255. The molecule has 0 saturated carbocycles. The van der Waals surface area contributed by atoms with Crippen LogP contribution in [-0.2, 0) is 12.8 Å². The van der Waals surface area contributed by atoms with Gasteiger partial charge in [-0.15, -0.1) is 19.7 Å². The van der Waals surface area contributed by atoms with Crippen molar-refractivity contribution in [2.45, 2.75) is 122 Å². The summed E-state index contributed by atoms with van der Waals surface area (Å²) in [5.74, 6) is -0.0524. The van der Waals surface area contributed by atoms with E-state index in [-0.39, 0.29) is 11.2 Å². The van der Waals surface area contributed by atoms with E-state index in [1.165, 1.54) is 40.7 Å². The molecule has 0 bridgehead atoms. The summed E-state index contributed by atoms with van der Waals surface area (Å²) in [6.07, 6.45) is 15.1. The van der Waals surface area contributed by atoms with Gasteiger partial charge in [0.2, 0.25) is 0 Å². The highest BCUT2D eigenvalue weighted by Crippen LogP contribution is 2.44. The summed E-state index contributed by atoms with van der Waals surface area (Å²) in [6, 6.07) is 13.9. The lowest BCUT2D eigenvalue weighted by Gasteiger charge is -2.27. The minimum absolute atomic E-state index is 0.0524. The first-order valence-electron chi connectivity index (χ1n) is 17.1. The molecule has 0 saturated heterocycles. The van der Waals surface area contributed by atoms with Crippen LogP contribution < -0.4 is 0 Å². The molecule has 0 aliphatic heterocycles. The summed E-state index contributed by atoms with van der Waals surface area (Å²) in [7, 11) is 0. The van der Waals surface area contributed by atoms with Gasteiger partial charge in [-0.25, -0.2) is 4.39 Å². The lowest BCUT2D eigenvalue weighted by Crippen LogP contribution is -2.18. The molecule has 2 aromatic rings. The number of benzene rings is 2. The van der Waals surface area contributed by atoms with Gasteiger partial charge in [-0.05, 0) is 107 Å². The molecule has 3 rings (SSSR count). The number of hydrogen-bond acceptors (Lipinski definition) is 0. The molecule has 0 spiro atoms. The second-order valence-corrected chi connectivity index (χ2v) is 12.0. The van der Waals surface area contributed by atoms with E-state index in [9.17, 15) is 4.39 Å². The normalized spacial score (nSPS) is 14.7. The van der Waals surface area contributed by atoms with Crippen molar-refractivity contribution in [3.63, 3.8) is 0 Å². The Bertz CT molecular complexity index is 1230. The summed E-state index contributed by atoms with van der Waals surface area (Å²) in [6.45, 7) is 43.9. The van der Waals surface area contributed by atoms with E-state index in [1.807, 2.05) is 73.6 Å². The Morgan fingerprint density at radius 3 is 1.74 bits per heavy atom. The van der Waals surface area contributed by atoms with Gasteiger partial charge in [-0.3, -0.25) is 0 Å².